The lowest BCUT2D eigenvalue weighted by Gasteiger charge is -2.11. The van der Waals surface area contributed by atoms with Gasteiger partial charge in [0.1, 0.15) is 17.5 Å². The molecule has 0 amide bonds. The molecule has 0 radical (unpaired) electrons. The van der Waals surface area contributed by atoms with Gasteiger partial charge in [0.05, 0.1) is 0 Å². The fraction of sp³-hybridized carbons (Fsp3) is 0.455. The smallest absolute Gasteiger partial charge is 0.186 e. The zero-order valence-corrected chi connectivity index (χ0v) is 9.83. The fourth-order valence-corrected chi connectivity index (χ4v) is 2.14. The zero-order valence-electron chi connectivity index (χ0n) is 8.24. The Morgan fingerprint density at radius 3 is 3.07 bits per heavy atom. The minimum Gasteiger partial charge on any atom is -0.474 e. The molecule has 0 aromatic heterocycles. The molecule has 1 atom stereocenters. The first-order chi connectivity index (χ1) is 7.31. The Morgan fingerprint density at radius 2 is 2.27 bits per heavy atom. The van der Waals surface area contributed by atoms with E-state index >= 15 is 0 Å². The summed E-state index contributed by atoms with van der Waals surface area (Å²) in [6, 6.07) is 2.14. The fourth-order valence-electron chi connectivity index (χ4n) is 1.59. The molecule has 0 aromatic carbocycles. The molecule has 1 unspecified atom stereocenters. The van der Waals surface area contributed by atoms with Crippen LogP contribution in [0, 0.1) is 11.3 Å². The zero-order chi connectivity index (χ0) is 10.7. The van der Waals surface area contributed by atoms with Crippen molar-refractivity contribution in [3.8, 4) is 6.07 Å². The quantitative estimate of drug-likeness (QED) is 0.677. The topological polar surface area (TPSA) is 45.4 Å². The van der Waals surface area contributed by atoms with E-state index in [1.165, 1.54) is 0 Å². The first kappa shape index (κ1) is 10.4. The van der Waals surface area contributed by atoms with Crippen molar-refractivity contribution in [3.63, 3.8) is 0 Å². The van der Waals surface area contributed by atoms with Gasteiger partial charge >= 0.3 is 0 Å². The molecule has 1 heterocycles. The molecule has 15 heavy (non-hydrogen) atoms. The maximum atomic E-state index is 8.86. The van der Waals surface area contributed by atoms with Crippen molar-refractivity contribution in [2.45, 2.75) is 25.4 Å². The summed E-state index contributed by atoms with van der Waals surface area (Å²) < 4.78 is 6.59. The molecular weight excluding hydrogens is 256 g/mol. The van der Waals surface area contributed by atoms with E-state index in [4.69, 9.17) is 10.00 Å². The normalized spacial score (nSPS) is 25.6. The van der Waals surface area contributed by atoms with Gasteiger partial charge < -0.3 is 4.74 Å². The summed E-state index contributed by atoms with van der Waals surface area (Å²) >= 11 is 3.48. The summed E-state index contributed by atoms with van der Waals surface area (Å²) in [7, 11) is 0. The SMILES string of the molecule is N#CC1CCN=C2C(Br)=CCCC=C2O1. The standard InChI is InChI=1S/C11H11BrN2O/c12-9-3-1-2-4-10-11(9)14-6-5-8(7-13)15-10/h3-4,8H,1-2,5-6H2. The molecule has 0 bridgehead atoms. The summed E-state index contributed by atoms with van der Waals surface area (Å²) in [4.78, 5) is 4.44. The minimum atomic E-state index is -0.365. The van der Waals surface area contributed by atoms with E-state index in [2.05, 4.69) is 33.1 Å². The number of hydrogen-bond donors (Lipinski definition) is 0. The Balaban J connectivity index is 2.31. The second-order valence-corrected chi connectivity index (χ2v) is 4.31. The number of rotatable bonds is 0. The van der Waals surface area contributed by atoms with Crippen molar-refractivity contribution < 1.29 is 4.74 Å². The van der Waals surface area contributed by atoms with Gasteiger partial charge in [-0.1, -0.05) is 6.08 Å². The predicted octanol–water partition coefficient (Wildman–Crippen LogP) is 2.70. The third-order valence-electron chi connectivity index (χ3n) is 2.35. The molecule has 0 spiro atoms. The molecule has 0 aromatic rings. The van der Waals surface area contributed by atoms with E-state index in [0.29, 0.717) is 13.0 Å². The van der Waals surface area contributed by atoms with Crippen LogP contribution in [-0.4, -0.2) is 18.4 Å². The van der Waals surface area contributed by atoms with Crippen LogP contribution in [0.4, 0.5) is 0 Å². The van der Waals surface area contributed by atoms with E-state index in [9.17, 15) is 0 Å². The largest absolute Gasteiger partial charge is 0.474 e. The molecule has 0 N–H and O–H groups in total. The van der Waals surface area contributed by atoms with Crippen molar-refractivity contribution >= 4 is 21.6 Å². The van der Waals surface area contributed by atoms with Gasteiger partial charge in [-0.2, -0.15) is 5.26 Å². The predicted molar refractivity (Wildman–Crippen MR) is 61.7 cm³/mol. The average molecular weight is 267 g/mol. The number of aliphatic imine (C=N–C) groups is 1. The van der Waals surface area contributed by atoms with Crippen molar-refractivity contribution in [2.24, 2.45) is 4.99 Å². The summed E-state index contributed by atoms with van der Waals surface area (Å²) in [6.45, 7) is 0.647. The van der Waals surface area contributed by atoms with Crippen LogP contribution in [0.25, 0.3) is 0 Å². The molecule has 2 rings (SSSR count). The van der Waals surface area contributed by atoms with E-state index in [-0.39, 0.29) is 6.10 Å². The Morgan fingerprint density at radius 1 is 1.47 bits per heavy atom. The number of allylic oxidation sites excluding steroid dienone is 3. The van der Waals surface area contributed by atoms with Crippen LogP contribution in [-0.2, 0) is 4.74 Å². The molecule has 1 aliphatic carbocycles. The van der Waals surface area contributed by atoms with Crippen LogP contribution >= 0.6 is 15.9 Å². The second kappa shape index (κ2) is 4.63. The van der Waals surface area contributed by atoms with Crippen molar-refractivity contribution in [1.29, 1.82) is 5.26 Å². The van der Waals surface area contributed by atoms with Gasteiger partial charge in [0, 0.05) is 17.4 Å². The molecule has 0 saturated carbocycles. The summed E-state index contributed by atoms with van der Waals surface area (Å²) in [5.41, 5.74) is 0.852. The molecule has 0 saturated heterocycles. The van der Waals surface area contributed by atoms with Gasteiger partial charge in [-0.05, 0) is 34.8 Å². The molecule has 2 aliphatic rings. The summed E-state index contributed by atoms with van der Waals surface area (Å²) in [5, 5.41) is 8.86. The Labute approximate surface area is 97.3 Å². The number of hydrogen-bond acceptors (Lipinski definition) is 3. The van der Waals surface area contributed by atoms with E-state index in [1.54, 1.807) is 0 Å². The van der Waals surface area contributed by atoms with Crippen LogP contribution in [0.5, 0.6) is 0 Å². The van der Waals surface area contributed by atoms with Gasteiger partial charge in [0.2, 0.25) is 0 Å². The van der Waals surface area contributed by atoms with Crippen LogP contribution < -0.4 is 0 Å². The third kappa shape index (κ3) is 2.29. The van der Waals surface area contributed by atoms with Crippen molar-refractivity contribution in [2.75, 3.05) is 6.54 Å². The van der Waals surface area contributed by atoms with Crippen LogP contribution in [0.3, 0.4) is 0 Å². The lowest BCUT2D eigenvalue weighted by atomic mass is 10.3. The molecule has 4 heteroatoms. The molecule has 78 valence electrons. The lowest BCUT2D eigenvalue weighted by Crippen LogP contribution is -2.12. The van der Waals surface area contributed by atoms with Crippen molar-refractivity contribution in [3.05, 3.63) is 22.4 Å². The highest BCUT2D eigenvalue weighted by atomic mass is 79.9. The Bertz CT molecular complexity index is 390. The molecule has 1 aliphatic heterocycles. The third-order valence-corrected chi connectivity index (χ3v) is 3.05. The van der Waals surface area contributed by atoms with Crippen molar-refractivity contribution in [1.82, 2.24) is 0 Å². The number of ether oxygens (including phenoxy) is 1. The number of halogens is 1. The maximum absolute atomic E-state index is 8.86. The van der Waals surface area contributed by atoms with E-state index in [1.807, 2.05) is 6.08 Å². The second-order valence-electron chi connectivity index (χ2n) is 3.45. The highest BCUT2D eigenvalue weighted by Crippen LogP contribution is 2.25. The lowest BCUT2D eigenvalue weighted by molar-refractivity contribution is 0.174. The first-order valence-corrected chi connectivity index (χ1v) is 5.78. The van der Waals surface area contributed by atoms with Gasteiger partial charge in [-0.25, -0.2) is 0 Å². The maximum Gasteiger partial charge on any atom is 0.186 e. The molecule has 0 fully saturated rings. The Kier molecular flexibility index (Phi) is 3.22. The monoisotopic (exact) mass is 266 g/mol. The molecular formula is C11H11BrN2O. The Hall–Kier alpha value is -1.08. The number of nitrogens with zero attached hydrogens (tertiary/aromatic N) is 2. The first-order valence-electron chi connectivity index (χ1n) is 4.98. The molecule has 3 nitrogen and oxygen atoms in total. The van der Waals surface area contributed by atoms with Gasteiger partial charge in [-0.3, -0.25) is 4.99 Å². The van der Waals surface area contributed by atoms with E-state index < -0.39 is 0 Å². The van der Waals surface area contributed by atoms with Gasteiger partial charge in [0.15, 0.2) is 6.10 Å². The summed E-state index contributed by atoms with van der Waals surface area (Å²) in [5.74, 6) is 0.750. The van der Waals surface area contributed by atoms with Crippen LogP contribution in [0.1, 0.15) is 19.3 Å². The average Bonchev–Trinajstić information content (AvgIpc) is 2.53. The number of fused-ring (bicyclic) bond motifs is 1. The van der Waals surface area contributed by atoms with Gasteiger partial charge in [-0.15, -0.1) is 0 Å². The summed E-state index contributed by atoms with van der Waals surface area (Å²) in [6.07, 6.45) is 6.32. The minimum absolute atomic E-state index is 0.365. The highest BCUT2D eigenvalue weighted by molar-refractivity contribution is 9.12. The highest BCUT2D eigenvalue weighted by Gasteiger charge is 2.21. The van der Waals surface area contributed by atoms with Crippen LogP contribution in [0.2, 0.25) is 0 Å². The van der Waals surface area contributed by atoms with E-state index in [0.717, 1.165) is 28.8 Å². The van der Waals surface area contributed by atoms with Crippen LogP contribution in [0.15, 0.2) is 27.4 Å². The number of nitriles is 1. The van der Waals surface area contributed by atoms with Gasteiger partial charge in [0.25, 0.3) is 0 Å².